The van der Waals surface area contributed by atoms with Crippen molar-refractivity contribution >= 4 is 45.0 Å². The van der Waals surface area contributed by atoms with Crippen LogP contribution >= 0.6 is 15.9 Å². The fraction of sp³-hybridized carbons (Fsp3) is 0.579. The van der Waals surface area contributed by atoms with Gasteiger partial charge in [0.2, 0.25) is 0 Å². The fourth-order valence-corrected chi connectivity index (χ4v) is 3.03. The average Bonchev–Trinajstić information content (AvgIpc) is 2.82. The standard InChI is InChI=1S/C19H27BrN4O4/c1-11(2)23-9-12(20)13-14(23)21-10-22-15(13)24(16(25)27-18(3,4)5)17(26)28-19(6,7)8/h9-11H,1-8H3. The average molecular weight is 455 g/mol. The minimum Gasteiger partial charge on any atom is -0.443 e. The van der Waals surface area contributed by atoms with Crippen LogP contribution in [0.25, 0.3) is 11.0 Å². The van der Waals surface area contributed by atoms with Gasteiger partial charge in [0, 0.05) is 16.7 Å². The number of carbonyl (C=O) groups excluding carboxylic acids is 2. The van der Waals surface area contributed by atoms with E-state index in [4.69, 9.17) is 9.47 Å². The number of ether oxygens (including phenoxy) is 2. The maximum Gasteiger partial charge on any atom is 0.425 e. The number of fused-ring (bicyclic) bond motifs is 1. The fourth-order valence-electron chi connectivity index (χ4n) is 2.45. The van der Waals surface area contributed by atoms with E-state index in [9.17, 15) is 9.59 Å². The zero-order valence-corrected chi connectivity index (χ0v) is 19.1. The molecular weight excluding hydrogens is 428 g/mol. The zero-order chi connectivity index (χ0) is 21.4. The monoisotopic (exact) mass is 454 g/mol. The highest BCUT2D eigenvalue weighted by molar-refractivity contribution is 9.10. The van der Waals surface area contributed by atoms with E-state index in [2.05, 4.69) is 25.9 Å². The van der Waals surface area contributed by atoms with Gasteiger partial charge in [0.1, 0.15) is 23.2 Å². The van der Waals surface area contributed by atoms with Crippen molar-refractivity contribution in [1.29, 1.82) is 0 Å². The summed E-state index contributed by atoms with van der Waals surface area (Å²) in [6.07, 6.45) is 1.41. The molecule has 0 saturated heterocycles. The highest BCUT2D eigenvalue weighted by Crippen LogP contribution is 2.34. The van der Waals surface area contributed by atoms with E-state index in [0.29, 0.717) is 15.5 Å². The maximum absolute atomic E-state index is 12.9. The molecule has 154 valence electrons. The molecule has 0 spiro atoms. The van der Waals surface area contributed by atoms with Crippen molar-refractivity contribution in [1.82, 2.24) is 14.5 Å². The highest BCUT2D eigenvalue weighted by Gasteiger charge is 2.35. The van der Waals surface area contributed by atoms with E-state index in [1.54, 1.807) is 41.5 Å². The van der Waals surface area contributed by atoms with Gasteiger partial charge in [-0.25, -0.2) is 19.6 Å². The number of halogens is 1. The summed E-state index contributed by atoms with van der Waals surface area (Å²) in [5, 5.41) is 0.521. The van der Waals surface area contributed by atoms with Crippen LogP contribution in [0.2, 0.25) is 0 Å². The maximum atomic E-state index is 12.9. The summed E-state index contributed by atoms with van der Waals surface area (Å²) >= 11 is 3.49. The Morgan fingerprint density at radius 1 is 1.04 bits per heavy atom. The van der Waals surface area contributed by atoms with Crippen molar-refractivity contribution in [3.05, 3.63) is 17.0 Å². The molecule has 0 bridgehead atoms. The largest absolute Gasteiger partial charge is 0.443 e. The van der Waals surface area contributed by atoms with Crippen molar-refractivity contribution in [2.24, 2.45) is 0 Å². The Bertz CT molecular complexity index is 866. The predicted molar refractivity (Wildman–Crippen MR) is 111 cm³/mol. The molecule has 2 aromatic heterocycles. The Morgan fingerprint density at radius 3 is 1.96 bits per heavy atom. The molecule has 0 aliphatic rings. The number of imide groups is 1. The Balaban J connectivity index is 2.66. The molecule has 2 aromatic rings. The number of rotatable bonds is 2. The van der Waals surface area contributed by atoms with E-state index >= 15 is 0 Å². The van der Waals surface area contributed by atoms with E-state index in [1.165, 1.54) is 6.33 Å². The van der Waals surface area contributed by atoms with Gasteiger partial charge in [0.05, 0.1) is 5.39 Å². The summed E-state index contributed by atoms with van der Waals surface area (Å²) in [6.45, 7) is 14.3. The SMILES string of the molecule is CC(C)n1cc(Br)c2c(N(C(=O)OC(C)(C)C)C(=O)OC(C)(C)C)ncnc21. The number of hydrogen-bond acceptors (Lipinski definition) is 6. The minimum atomic E-state index is -0.869. The molecule has 0 radical (unpaired) electrons. The quantitative estimate of drug-likeness (QED) is 0.599. The topological polar surface area (TPSA) is 86.5 Å². The van der Waals surface area contributed by atoms with Crippen LogP contribution in [0.15, 0.2) is 17.0 Å². The van der Waals surface area contributed by atoms with Gasteiger partial charge in [-0.1, -0.05) is 0 Å². The third kappa shape index (κ3) is 5.01. The molecule has 2 heterocycles. The Kier molecular flexibility index (Phi) is 6.08. The van der Waals surface area contributed by atoms with Crippen molar-refractivity contribution < 1.29 is 19.1 Å². The molecule has 0 N–H and O–H groups in total. The molecule has 0 aliphatic heterocycles. The first-order chi connectivity index (χ1) is 12.7. The molecule has 0 fully saturated rings. The van der Waals surface area contributed by atoms with Gasteiger partial charge >= 0.3 is 12.2 Å². The lowest BCUT2D eigenvalue weighted by Crippen LogP contribution is -2.44. The number of nitrogens with zero attached hydrogens (tertiary/aromatic N) is 4. The number of anilines is 1. The van der Waals surface area contributed by atoms with Gasteiger partial charge in [-0.3, -0.25) is 0 Å². The molecule has 2 amide bonds. The highest BCUT2D eigenvalue weighted by atomic mass is 79.9. The summed E-state index contributed by atoms with van der Waals surface area (Å²) in [6, 6.07) is 0.119. The Morgan fingerprint density at radius 2 is 1.54 bits per heavy atom. The molecule has 0 atom stereocenters. The second-order valence-corrected chi connectivity index (χ2v) is 9.52. The van der Waals surface area contributed by atoms with Crippen LogP contribution in [-0.2, 0) is 9.47 Å². The van der Waals surface area contributed by atoms with Gasteiger partial charge < -0.3 is 14.0 Å². The van der Waals surface area contributed by atoms with Gasteiger partial charge in [0.15, 0.2) is 5.82 Å². The van der Waals surface area contributed by atoms with E-state index < -0.39 is 23.4 Å². The zero-order valence-electron chi connectivity index (χ0n) is 17.5. The Hall–Kier alpha value is -2.16. The third-order valence-electron chi connectivity index (χ3n) is 3.46. The van der Waals surface area contributed by atoms with Gasteiger partial charge in [-0.2, -0.15) is 4.90 Å². The molecular formula is C19H27BrN4O4. The smallest absolute Gasteiger partial charge is 0.425 e. The van der Waals surface area contributed by atoms with Crippen LogP contribution in [-0.4, -0.2) is 37.9 Å². The molecule has 0 aromatic carbocycles. The summed E-state index contributed by atoms with van der Waals surface area (Å²) < 4.78 is 13.5. The number of amides is 2. The van der Waals surface area contributed by atoms with Gasteiger partial charge in [0.25, 0.3) is 0 Å². The molecule has 0 unspecified atom stereocenters. The molecule has 28 heavy (non-hydrogen) atoms. The number of hydrogen-bond donors (Lipinski definition) is 0. The molecule has 0 saturated carbocycles. The summed E-state index contributed by atoms with van der Waals surface area (Å²) in [5.41, 5.74) is -1.01. The summed E-state index contributed by atoms with van der Waals surface area (Å²) in [7, 11) is 0. The molecule has 8 nitrogen and oxygen atoms in total. The van der Waals surface area contributed by atoms with Crippen LogP contribution in [0.5, 0.6) is 0 Å². The lowest BCUT2D eigenvalue weighted by molar-refractivity contribution is 0.0429. The van der Waals surface area contributed by atoms with Crippen LogP contribution in [0.3, 0.4) is 0 Å². The van der Waals surface area contributed by atoms with Crippen molar-refractivity contribution in [3.8, 4) is 0 Å². The minimum absolute atomic E-state index is 0.0970. The van der Waals surface area contributed by atoms with Crippen LogP contribution in [0.1, 0.15) is 61.4 Å². The van der Waals surface area contributed by atoms with Crippen molar-refractivity contribution in [3.63, 3.8) is 0 Å². The normalized spacial score (nSPS) is 12.4. The molecule has 2 rings (SSSR count). The van der Waals surface area contributed by atoms with E-state index in [1.807, 2.05) is 24.6 Å². The summed E-state index contributed by atoms with van der Waals surface area (Å²) in [5.74, 6) is 0.0970. The van der Waals surface area contributed by atoms with E-state index in [0.717, 1.165) is 4.90 Å². The third-order valence-corrected chi connectivity index (χ3v) is 4.06. The summed E-state index contributed by atoms with van der Waals surface area (Å²) in [4.78, 5) is 35.2. The second-order valence-electron chi connectivity index (χ2n) is 8.67. The lowest BCUT2D eigenvalue weighted by Gasteiger charge is -2.28. The molecule has 0 aliphatic carbocycles. The number of carbonyl (C=O) groups is 2. The van der Waals surface area contributed by atoms with Crippen molar-refractivity contribution in [2.45, 2.75) is 72.6 Å². The Labute approximate surface area is 173 Å². The van der Waals surface area contributed by atoms with Gasteiger partial charge in [-0.05, 0) is 71.3 Å². The van der Waals surface area contributed by atoms with E-state index in [-0.39, 0.29) is 11.9 Å². The van der Waals surface area contributed by atoms with Gasteiger partial charge in [-0.15, -0.1) is 0 Å². The van der Waals surface area contributed by atoms with Crippen LogP contribution in [0.4, 0.5) is 15.4 Å². The van der Waals surface area contributed by atoms with Crippen molar-refractivity contribution in [2.75, 3.05) is 4.90 Å². The lowest BCUT2D eigenvalue weighted by atomic mass is 10.2. The first-order valence-electron chi connectivity index (χ1n) is 8.98. The second kappa shape index (κ2) is 7.69. The molecule has 9 heteroatoms. The first-order valence-corrected chi connectivity index (χ1v) is 9.77. The van der Waals surface area contributed by atoms with Crippen LogP contribution in [0, 0.1) is 0 Å². The first kappa shape index (κ1) is 22.1. The predicted octanol–water partition coefficient (Wildman–Crippen LogP) is 5.45. The van der Waals surface area contributed by atoms with Crippen LogP contribution < -0.4 is 4.90 Å². The number of aromatic nitrogens is 3.